The van der Waals surface area contributed by atoms with Crippen LogP contribution >= 0.6 is 11.6 Å². The number of aliphatic hydroxyl groups is 1. The van der Waals surface area contributed by atoms with Gasteiger partial charge in [0.15, 0.2) is 5.72 Å². The molecule has 1 N–H and O–H groups in total. The van der Waals surface area contributed by atoms with Crippen LogP contribution in [0.2, 0.25) is 11.3 Å². The summed E-state index contributed by atoms with van der Waals surface area (Å²) in [7, 11) is -0.559. The third-order valence-electron chi connectivity index (χ3n) is 7.69. The summed E-state index contributed by atoms with van der Waals surface area (Å²) in [5.74, 6) is -0.0854. The molecule has 1 amide bonds. The first kappa shape index (κ1) is 21.0. The molecule has 2 saturated heterocycles. The number of halogens is 1. The number of carbonyl (C=O) groups excluding carboxylic acids is 1. The fraction of sp³-hybridized carbons (Fsp3) is 0.458. The molecule has 5 nitrogen and oxygen atoms in total. The van der Waals surface area contributed by atoms with Crippen LogP contribution in [0.25, 0.3) is 0 Å². The van der Waals surface area contributed by atoms with Gasteiger partial charge in [0.05, 0.1) is 22.3 Å². The second-order valence-electron chi connectivity index (χ2n) is 9.87. The van der Waals surface area contributed by atoms with Crippen LogP contribution in [0.4, 0.5) is 5.69 Å². The van der Waals surface area contributed by atoms with E-state index in [0.29, 0.717) is 23.5 Å². The minimum Gasteiger partial charge on any atom is -0.403 e. The van der Waals surface area contributed by atoms with Crippen molar-refractivity contribution in [2.45, 2.75) is 69.2 Å². The van der Waals surface area contributed by atoms with Crippen molar-refractivity contribution in [2.24, 2.45) is 0 Å². The molecule has 31 heavy (non-hydrogen) atoms. The summed E-state index contributed by atoms with van der Waals surface area (Å²) >= 11 is 6.44. The second kappa shape index (κ2) is 6.58. The number of rotatable bonds is 3. The first-order valence-corrected chi connectivity index (χ1v) is 11.2. The van der Waals surface area contributed by atoms with E-state index < -0.39 is 29.5 Å². The summed E-state index contributed by atoms with van der Waals surface area (Å²) in [5.41, 5.74) is -0.929. The Hall–Kier alpha value is -1.86. The Balaban J connectivity index is 1.74. The predicted molar refractivity (Wildman–Crippen MR) is 121 cm³/mol. The van der Waals surface area contributed by atoms with Gasteiger partial charge in [0.2, 0.25) is 5.91 Å². The molecule has 2 aromatic rings. The number of fused-ring (bicyclic) bond motifs is 3. The van der Waals surface area contributed by atoms with Crippen LogP contribution < -0.4 is 4.90 Å². The number of amides is 1. The molecule has 0 aromatic heterocycles. The fourth-order valence-corrected chi connectivity index (χ4v) is 5.68. The van der Waals surface area contributed by atoms with E-state index in [0.717, 1.165) is 11.1 Å². The van der Waals surface area contributed by atoms with Crippen LogP contribution in [0, 0.1) is 0 Å². The van der Waals surface area contributed by atoms with Gasteiger partial charge >= 0.3 is 7.12 Å². The van der Waals surface area contributed by atoms with Crippen molar-refractivity contribution in [3.63, 3.8) is 0 Å². The molecule has 0 bridgehead atoms. The highest BCUT2D eigenvalue weighted by Crippen LogP contribution is 2.62. The average molecular weight is 440 g/mol. The number of hydrogen-bond acceptors (Lipinski definition) is 4. The zero-order valence-corrected chi connectivity index (χ0v) is 19.1. The van der Waals surface area contributed by atoms with E-state index in [2.05, 4.69) is 0 Å². The van der Waals surface area contributed by atoms with E-state index >= 15 is 0 Å². The lowest BCUT2D eigenvalue weighted by Gasteiger charge is -2.43. The maximum Gasteiger partial charge on any atom is 0.459 e. The molecule has 0 spiro atoms. The van der Waals surface area contributed by atoms with Crippen molar-refractivity contribution in [3.05, 3.63) is 64.7 Å². The molecule has 3 aliphatic heterocycles. The summed E-state index contributed by atoms with van der Waals surface area (Å²) in [6.45, 7) is 8.06. The maximum absolute atomic E-state index is 12.9. The lowest BCUT2D eigenvalue weighted by atomic mass is 9.57. The van der Waals surface area contributed by atoms with Gasteiger partial charge in [-0.25, -0.2) is 0 Å². The zero-order chi connectivity index (χ0) is 22.2. The second-order valence-corrected chi connectivity index (χ2v) is 10.3. The quantitative estimate of drug-likeness (QED) is 0.713. The van der Waals surface area contributed by atoms with Crippen LogP contribution in [0.1, 0.15) is 51.7 Å². The topological polar surface area (TPSA) is 59.0 Å². The normalized spacial score (nSPS) is 30.6. The van der Waals surface area contributed by atoms with Crippen molar-refractivity contribution < 1.29 is 19.2 Å². The third-order valence-corrected chi connectivity index (χ3v) is 7.93. The molecule has 0 radical (unpaired) electrons. The minimum atomic E-state index is -1.43. The highest BCUT2D eigenvalue weighted by molar-refractivity contribution is 6.46. The highest BCUT2D eigenvalue weighted by atomic mass is 35.5. The maximum atomic E-state index is 12.9. The SMILES string of the molecule is CC1(C)OB(C[C@]2(c3ccccc3)c3cc(Cl)ccc3N3C(=O)CC[C@@]32O)OC1(C)C. The van der Waals surface area contributed by atoms with Crippen molar-refractivity contribution in [1.82, 2.24) is 0 Å². The third kappa shape index (κ3) is 2.72. The van der Waals surface area contributed by atoms with Crippen LogP contribution in [-0.2, 0) is 19.5 Å². The van der Waals surface area contributed by atoms with Crippen LogP contribution in [0.5, 0.6) is 0 Å². The average Bonchev–Trinajstić information content (AvgIpc) is 3.20. The Labute approximate surface area is 188 Å². The molecular weight excluding hydrogens is 413 g/mol. The fourth-order valence-electron chi connectivity index (χ4n) is 5.51. The van der Waals surface area contributed by atoms with Gasteiger partial charge < -0.3 is 14.4 Å². The number of carbonyl (C=O) groups is 1. The molecule has 3 heterocycles. The molecule has 0 saturated carbocycles. The van der Waals surface area contributed by atoms with E-state index in [-0.39, 0.29) is 12.3 Å². The molecule has 2 aromatic carbocycles. The van der Waals surface area contributed by atoms with Crippen LogP contribution in [-0.4, -0.2) is 35.1 Å². The van der Waals surface area contributed by atoms with Crippen LogP contribution in [0.3, 0.4) is 0 Å². The summed E-state index contributed by atoms with van der Waals surface area (Å²) in [4.78, 5) is 14.5. The Morgan fingerprint density at radius 2 is 1.71 bits per heavy atom. The first-order chi connectivity index (χ1) is 14.5. The van der Waals surface area contributed by atoms with E-state index in [1.807, 2.05) is 70.2 Å². The molecule has 2 fully saturated rings. The molecule has 0 aliphatic carbocycles. The van der Waals surface area contributed by atoms with Gasteiger partial charge in [0.1, 0.15) is 0 Å². The van der Waals surface area contributed by atoms with Crippen molar-refractivity contribution >= 4 is 30.3 Å². The van der Waals surface area contributed by atoms with Crippen molar-refractivity contribution in [1.29, 1.82) is 0 Å². The Morgan fingerprint density at radius 3 is 2.35 bits per heavy atom. The summed E-state index contributed by atoms with van der Waals surface area (Å²) in [5, 5.41) is 12.8. The standard InChI is InChI=1S/C24H27BClNO4/c1-21(2)22(3,4)31-25(30-21)15-23(16-8-6-5-7-9-16)18-14-17(26)10-11-19(18)27-20(28)12-13-24(23,27)29/h5-11,14,29H,12-13,15H2,1-4H3/t23-,24-/m0/s1. The van der Waals surface area contributed by atoms with Gasteiger partial charge in [-0.3, -0.25) is 9.69 Å². The minimum absolute atomic E-state index is 0.0854. The van der Waals surface area contributed by atoms with Crippen molar-refractivity contribution in [2.75, 3.05) is 4.90 Å². The lowest BCUT2D eigenvalue weighted by molar-refractivity contribution is -0.118. The number of anilines is 1. The number of nitrogens with zero attached hydrogens (tertiary/aromatic N) is 1. The van der Waals surface area contributed by atoms with Gasteiger partial charge in [0, 0.05) is 24.2 Å². The largest absolute Gasteiger partial charge is 0.459 e. The van der Waals surface area contributed by atoms with E-state index in [1.54, 1.807) is 11.0 Å². The monoisotopic (exact) mass is 439 g/mol. The Morgan fingerprint density at radius 1 is 1.06 bits per heavy atom. The molecule has 2 atom stereocenters. The summed E-state index contributed by atoms with van der Waals surface area (Å²) in [6.07, 6.45) is 0.973. The molecule has 7 heteroatoms. The predicted octanol–water partition coefficient (Wildman–Crippen LogP) is 4.55. The van der Waals surface area contributed by atoms with E-state index in [4.69, 9.17) is 20.9 Å². The summed E-state index contributed by atoms with van der Waals surface area (Å²) in [6, 6.07) is 15.3. The smallest absolute Gasteiger partial charge is 0.403 e. The van der Waals surface area contributed by atoms with Gasteiger partial charge in [0.25, 0.3) is 0 Å². The Kier molecular flexibility index (Phi) is 4.46. The Bertz CT molecular complexity index is 1040. The first-order valence-electron chi connectivity index (χ1n) is 10.8. The number of hydrogen-bond donors (Lipinski definition) is 1. The lowest BCUT2D eigenvalue weighted by Crippen LogP contribution is -2.57. The van der Waals surface area contributed by atoms with E-state index in [1.165, 1.54) is 0 Å². The van der Waals surface area contributed by atoms with Crippen molar-refractivity contribution in [3.8, 4) is 0 Å². The molecule has 3 aliphatic rings. The zero-order valence-electron chi connectivity index (χ0n) is 18.3. The molecule has 0 unspecified atom stereocenters. The van der Waals surface area contributed by atoms with Gasteiger partial charge in [-0.05, 0) is 57.0 Å². The molecule has 162 valence electrons. The van der Waals surface area contributed by atoms with Gasteiger partial charge in [-0.15, -0.1) is 0 Å². The van der Waals surface area contributed by atoms with Gasteiger partial charge in [-0.2, -0.15) is 0 Å². The van der Waals surface area contributed by atoms with Gasteiger partial charge in [-0.1, -0.05) is 41.9 Å². The molecular formula is C24H27BClNO4. The summed E-state index contributed by atoms with van der Waals surface area (Å²) < 4.78 is 12.7. The highest BCUT2D eigenvalue weighted by Gasteiger charge is 2.68. The van der Waals surface area contributed by atoms with Crippen LogP contribution in [0.15, 0.2) is 48.5 Å². The number of benzene rings is 2. The van der Waals surface area contributed by atoms with E-state index in [9.17, 15) is 9.90 Å². The molecule has 5 rings (SSSR count).